The van der Waals surface area contributed by atoms with Gasteiger partial charge in [0.25, 0.3) is 0 Å². The molecule has 3 atom stereocenters. The summed E-state index contributed by atoms with van der Waals surface area (Å²) in [7, 11) is 0. The van der Waals surface area contributed by atoms with Crippen LogP contribution in [0.4, 0.5) is 0 Å². The number of thioether (sulfide) groups is 1. The molecule has 2 rings (SSSR count). The third-order valence-electron chi connectivity index (χ3n) is 2.40. The number of carbonyl (C=O) groups is 2. The Bertz CT molecular complexity index is 338. The van der Waals surface area contributed by atoms with Crippen molar-refractivity contribution in [3.8, 4) is 0 Å². The number of carboxylic acids is 1. The number of hydrogen-bond acceptors (Lipinski definition) is 4. The van der Waals surface area contributed by atoms with Crippen LogP contribution in [0.15, 0.2) is 11.1 Å². The van der Waals surface area contributed by atoms with Crippen LogP contribution < -0.4 is 0 Å². The number of aliphatic hydroxyl groups is 1. The number of fused-ring (bicyclic) bond motifs is 1. The molecule has 0 saturated carbocycles. The van der Waals surface area contributed by atoms with Gasteiger partial charge in [0.2, 0.25) is 5.91 Å². The molecule has 14 heavy (non-hydrogen) atoms. The predicted molar refractivity (Wildman–Crippen MR) is 49.1 cm³/mol. The first-order valence-corrected chi connectivity index (χ1v) is 5.08. The molecule has 0 radical (unpaired) electrons. The van der Waals surface area contributed by atoms with Crippen molar-refractivity contribution in [3.05, 3.63) is 11.1 Å². The molecule has 0 aromatic carbocycles. The normalized spacial score (nSPS) is 32.0. The van der Waals surface area contributed by atoms with Gasteiger partial charge in [-0.05, 0) is 6.92 Å². The zero-order valence-electron chi connectivity index (χ0n) is 7.38. The highest BCUT2D eigenvalue weighted by molar-refractivity contribution is 8.03. The van der Waals surface area contributed by atoms with E-state index in [4.69, 9.17) is 5.11 Å². The number of β-lactam (4-membered cyclic amide) rings is 1. The monoisotopic (exact) mass is 215 g/mol. The second-order valence-corrected chi connectivity index (χ2v) is 4.30. The average Bonchev–Trinajstić information content (AvgIpc) is 2.42. The predicted octanol–water partition coefficient (Wildman–Crippen LogP) is -0.176. The highest BCUT2D eigenvalue weighted by atomic mass is 32.2. The van der Waals surface area contributed by atoms with E-state index in [1.54, 1.807) is 6.92 Å². The first kappa shape index (κ1) is 9.54. The maximum atomic E-state index is 11.4. The molecule has 5 nitrogen and oxygen atoms in total. The summed E-state index contributed by atoms with van der Waals surface area (Å²) in [6, 6.07) is 0. The molecule has 2 N–H and O–H groups in total. The van der Waals surface area contributed by atoms with Crippen LogP contribution in [0, 0.1) is 5.92 Å². The van der Waals surface area contributed by atoms with Crippen molar-refractivity contribution in [1.29, 1.82) is 0 Å². The van der Waals surface area contributed by atoms with Crippen molar-refractivity contribution in [1.82, 2.24) is 4.90 Å². The fourth-order valence-corrected chi connectivity index (χ4v) is 3.01. The van der Waals surface area contributed by atoms with Crippen molar-refractivity contribution >= 4 is 23.6 Å². The van der Waals surface area contributed by atoms with Gasteiger partial charge in [0, 0.05) is 5.41 Å². The largest absolute Gasteiger partial charge is 0.477 e. The van der Waals surface area contributed by atoms with E-state index in [0.29, 0.717) is 0 Å². The first-order valence-electron chi connectivity index (χ1n) is 4.14. The molecule has 0 spiro atoms. The molecular formula is C8H9NO4S. The maximum absolute atomic E-state index is 11.4. The fraction of sp³-hybridized carbons (Fsp3) is 0.500. The van der Waals surface area contributed by atoms with E-state index in [1.165, 1.54) is 22.1 Å². The molecule has 0 aromatic heterocycles. The Morgan fingerprint density at radius 3 is 2.86 bits per heavy atom. The van der Waals surface area contributed by atoms with Crippen molar-refractivity contribution < 1.29 is 19.8 Å². The summed E-state index contributed by atoms with van der Waals surface area (Å²) in [6.07, 6.45) is -0.724. The Balaban J connectivity index is 2.17. The number of aliphatic carboxylic acids is 1. The lowest BCUT2D eigenvalue weighted by Gasteiger charge is -2.43. The molecule has 6 heteroatoms. The van der Waals surface area contributed by atoms with Crippen LogP contribution in [0.5, 0.6) is 0 Å². The number of hydrogen-bond donors (Lipinski definition) is 2. The fourth-order valence-electron chi connectivity index (χ4n) is 1.68. The topological polar surface area (TPSA) is 77.8 Å². The number of rotatable bonds is 2. The summed E-state index contributed by atoms with van der Waals surface area (Å²) >= 11 is 1.27. The van der Waals surface area contributed by atoms with E-state index in [-0.39, 0.29) is 17.0 Å². The lowest BCUT2D eigenvalue weighted by molar-refractivity contribution is -0.156. The average molecular weight is 215 g/mol. The van der Waals surface area contributed by atoms with Gasteiger partial charge < -0.3 is 10.2 Å². The minimum Gasteiger partial charge on any atom is -0.477 e. The summed E-state index contributed by atoms with van der Waals surface area (Å²) in [5, 5.41) is 19.2. The Kier molecular flexibility index (Phi) is 2.04. The van der Waals surface area contributed by atoms with Crippen molar-refractivity contribution in [2.24, 2.45) is 5.92 Å². The Labute approximate surface area is 84.4 Å². The van der Waals surface area contributed by atoms with Crippen LogP contribution in [0.25, 0.3) is 0 Å². The van der Waals surface area contributed by atoms with Crippen LogP contribution >= 0.6 is 11.8 Å². The Morgan fingerprint density at radius 2 is 2.36 bits per heavy atom. The Morgan fingerprint density at radius 1 is 1.71 bits per heavy atom. The van der Waals surface area contributed by atoms with E-state index in [2.05, 4.69) is 0 Å². The zero-order valence-corrected chi connectivity index (χ0v) is 8.19. The Hall–Kier alpha value is -1.01. The summed E-state index contributed by atoms with van der Waals surface area (Å²) in [6.45, 7) is 1.54. The minimum absolute atomic E-state index is 0.0156. The second-order valence-electron chi connectivity index (χ2n) is 3.31. The summed E-state index contributed by atoms with van der Waals surface area (Å²) in [5.41, 5.74) is 0.0156. The van der Waals surface area contributed by atoms with Gasteiger partial charge in [0.15, 0.2) is 0 Å². The lowest BCUT2D eigenvalue weighted by Crippen LogP contribution is -2.60. The van der Waals surface area contributed by atoms with Crippen LogP contribution in [-0.2, 0) is 9.59 Å². The van der Waals surface area contributed by atoms with Gasteiger partial charge >= 0.3 is 5.97 Å². The van der Waals surface area contributed by atoms with Crippen LogP contribution in [-0.4, -0.2) is 38.5 Å². The third kappa shape index (κ3) is 1.07. The van der Waals surface area contributed by atoms with Crippen LogP contribution in [0.3, 0.4) is 0 Å². The molecule has 0 bridgehead atoms. The quantitative estimate of drug-likeness (QED) is 0.625. The number of carboxylic acid groups (broad SMARTS) is 1. The van der Waals surface area contributed by atoms with Gasteiger partial charge in [-0.15, -0.1) is 11.8 Å². The van der Waals surface area contributed by atoms with Gasteiger partial charge in [-0.1, -0.05) is 0 Å². The number of aliphatic hydroxyl groups excluding tert-OH is 1. The standard InChI is InChI=1S/C8H9NO4S/c1-3(10)5-6(11)9-4(8(12)13)2-14-7(5)9/h2-3,5,7,10H,1H3,(H,12,13)/t3-,5?,7?/m1/s1. The van der Waals surface area contributed by atoms with E-state index in [9.17, 15) is 14.7 Å². The van der Waals surface area contributed by atoms with Gasteiger partial charge in [0.1, 0.15) is 11.1 Å². The van der Waals surface area contributed by atoms with Gasteiger partial charge in [-0.25, -0.2) is 4.79 Å². The second kappa shape index (κ2) is 2.99. The highest BCUT2D eigenvalue weighted by Crippen LogP contribution is 2.45. The van der Waals surface area contributed by atoms with E-state index >= 15 is 0 Å². The molecule has 76 valence electrons. The van der Waals surface area contributed by atoms with Gasteiger partial charge in [0.05, 0.1) is 12.0 Å². The molecule has 0 aromatic rings. The summed E-state index contributed by atoms with van der Waals surface area (Å²) in [5.74, 6) is -1.87. The summed E-state index contributed by atoms with van der Waals surface area (Å²) in [4.78, 5) is 23.4. The van der Waals surface area contributed by atoms with Gasteiger partial charge in [-0.3, -0.25) is 9.69 Å². The van der Waals surface area contributed by atoms with Crippen molar-refractivity contribution in [2.45, 2.75) is 18.4 Å². The molecule has 1 saturated heterocycles. The maximum Gasteiger partial charge on any atom is 0.353 e. The summed E-state index contributed by atoms with van der Waals surface area (Å²) < 4.78 is 0. The number of nitrogens with zero attached hydrogens (tertiary/aromatic N) is 1. The lowest BCUT2D eigenvalue weighted by atomic mass is 9.92. The molecule has 2 aliphatic rings. The SMILES string of the molecule is C[C@@H](O)C1C(=O)N2C(C(=O)O)=CSC12. The number of carbonyl (C=O) groups excluding carboxylic acids is 1. The third-order valence-corrected chi connectivity index (χ3v) is 3.54. The van der Waals surface area contributed by atoms with E-state index < -0.39 is 18.0 Å². The highest BCUT2D eigenvalue weighted by Gasteiger charge is 2.55. The minimum atomic E-state index is -1.10. The molecule has 1 amide bonds. The van der Waals surface area contributed by atoms with Crippen LogP contribution in [0.2, 0.25) is 0 Å². The molecule has 1 fully saturated rings. The molecule has 2 heterocycles. The molecule has 2 aliphatic heterocycles. The van der Waals surface area contributed by atoms with Crippen molar-refractivity contribution in [3.63, 3.8) is 0 Å². The molecule has 2 unspecified atom stereocenters. The number of amides is 1. The van der Waals surface area contributed by atoms with E-state index in [1.807, 2.05) is 0 Å². The molecular weight excluding hydrogens is 206 g/mol. The van der Waals surface area contributed by atoms with Gasteiger partial charge in [-0.2, -0.15) is 0 Å². The molecule has 0 aliphatic carbocycles. The zero-order chi connectivity index (χ0) is 10.5. The first-order chi connectivity index (χ1) is 6.54. The van der Waals surface area contributed by atoms with Crippen molar-refractivity contribution in [2.75, 3.05) is 0 Å². The smallest absolute Gasteiger partial charge is 0.353 e. The van der Waals surface area contributed by atoms with Crippen LogP contribution in [0.1, 0.15) is 6.92 Å². The van der Waals surface area contributed by atoms with E-state index in [0.717, 1.165) is 0 Å².